The van der Waals surface area contributed by atoms with Gasteiger partial charge in [0.1, 0.15) is 36.9 Å². The number of hydrogen-bond acceptors (Lipinski definition) is 12. The van der Waals surface area contributed by atoms with Gasteiger partial charge in [-0.1, -0.05) is 0 Å². The van der Waals surface area contributed by atoms with Crippen molar-refractivity contribution in [3.8, 4) is 0 Å². The Hall–Kier alpha value is -0.0600. The molecule has 2 saturated heterocycles. The highest BCUT2D eigenvalue weighted by Gasteiger charge is 2.53. The molecule has 0 aliphatic carbocycles. The maximum Gasteiger partial charge on any atom is 0.481 e. The Morgan fingerprint density at radius 3 is 2.25 bits per heavy atom. The van der Waals surface area contributed by atoms with Crippen LogP contribution in [0.5, 0.6) is 0 Å². The molecule has 8 atom stereocenters. The predicted octanol–water partition coefficient (Wildman–Crippen LogP) is -3.48. The molecule has 0 aromatic heterocycles. The Bertz CT molecular complexity index is 634. The fraction of sp³-hybridized carbons (Fsp3) is 1.00. The summed E-state index contributed by atoms with van der Waals surface area (Å²) >= 11 is 0. The lowest BCUT2D eigenvalue weighted by Gasteiger charge is -2.47. The predicted molar refractivity (Wildman–Crippen MR) is 86.9 cm³/mol. The van der Waals surface area contributed by atoms with Crippen LogP contribution in [0.4, 0.5) is 0 Å². The van der Waals surface area contributed by atoms with Crippen molar-refractivity contribution < 1.29 is 62.5 Å². The first-order chi connectivity index (χ1) is 12.8. The second-order valence-electron chi connectivity index (χ2n) is 6.30. The molecule has 166 valence electrons. The second-order valence-corrected chi connectivity index (χ2v) is 9.13. The number of aliphatic hydroxyl groups excluding tert-OH is 4. The van der Waals surface area contributed by atoms with Crippen molar-refractivity contribution >= 4 is 15.6 Å². The molecule has 28 heavy (non-hydrogen) atoms. The number of methoxy groups -OCH3 is 1. The Morgan fingerprint density at radius 1 is 1.11 bits per heavy atom. The van der Waals surface area contributed by atoms with Gasteiger partial charge in [-0.3, -0.25) is 9.42 Å². The molecule has 2 aliphatic heterocycles. The minimum atomic E-state index is -5.33. The van der Waals surface area contributed by atoms with Crippen molar-refractivity contribution in [2.45, 2.75) is 43.2 Å². The molecule has 15 nitrogen and oxygen atoms in total. The zero-order chi connectivity index (χ0) is 21.4. The number of ether oxygens (including phenoxy) is 2. The standard InChI is InChI=1S/C11H24N2O13P2/c1-12-3-5(23-2)9(16)13(11(12)17)10-8(15)7(14)6(25-10)4-24-28(21,22)26-27(18,19)20/h5-11,14-17H,3-4H2,1-2H3,(H,21,22)(H2,18,19,20)/t5-,6-,7-,8-,9-,10-,11+/m1/s1. The fourth-order valence-electron chi connectivity index (χ4n) is 2.95. The Labute approximate surface area is 159 Å². The van der Waals surface area contributed by atoms with Gasteiger partial charge in [0.25, 0.3) is 0 Å². The molecule has 17 heteroatoms. The topological polar surface area (TPSA) is 219 Å². The van der Waals surface area contributed by atoms with Crippen LogP contribution < -0.4 is 0 Å². The quantitative estimate of drug-likeness (QED) is 0.186. The summed E-state index contributed by atoms with van der Waals surface area (Å²) in [5.74, 6) is 0. The third kappa shape index (κ3) is 5.55. The molecule has 0 aromatic rings. The Kier molecular flexibility index (Phi) is 7.76. The minimum absolute atomic E-state index is 0.153. The van der Waals surface area contributed by atoms with Crippen LogP contribution >= 0.6 is 15.6 Å². The van der Waals surface area contributed by atoms with E-state index in [4.69, 9.17) is 19.3 Å². The SMILES string of the molecule is CO[C@@H]1CN(C)[C@H](O)N([C@@H]2O[C@H](COP(=O)(O)OP(=O)(O)O)[C@@H](O)[C@H]2O)[C@@H]1O. The number of phosphoric acid groups is 2. The van der Waals surface area contributed by atoms with Crippen molar-refractivity contribution in [3.63, 3.8) is 0 Å². The summed E-state index contributed by atoms with van der Waals surface area (Å²) in [5, 5.41) is 41.0. The zero-order valence-electron chi connectivity index (χ0n) is 14.8. The molecule has 2 aliphatic rings. The van der Waals surface area contributed by atoms with Gasteiger partial charge < -0.3 is 44.6 Å². The van der Waals surface area contributed by atoms with Gasteiger partial charge in [0.05, 0.1) is 6.61 Å². The first-order valence-corrected chi connectivity index (χ1v) is 10.9. The molecule has 2 rings (SSSR count). The van der Waals surface area contributed by atoms with Crippen molar-refractivity contribution in [3.05, 3.63) is 0 Å². The number of phosphoric ester groups is 1. The van der Waals surface area contributed by atoms with Gasteiger partial charge in [-0.15, -0.1) is 0 Å². The van der Waals surface area contributed by atoms with Crippen LogP contribution in [-0.2, 0) is 27.4 Å². The molecule has 2 heterocycles. The molecular weight excluding hydrogens is 430 g/mol. The molecule has 0 amide bonds. The van der Waals surface area contributed by atoms with E-state index in [0.717, 1.165) is 4.90 Å². The van der Waals surface area contributed by atoms with Crippen LogP contribution in [0.15, 0.2) is 0 Å². The highest BCUT2D eigenvalue weighted by Crippen LogP contribution is 2.57. The molecule has 2 fully saturated rings. The Balaban J connectivity index is 2.09. The van der Waals surface area contributed by atoms with Crippen LogP contribution in [0.2, 0.25) is 0 Å². The normalized spacial score (nSPS) is 40.5. The smallest absolute Gasteiger partial charge is 0.387 e. The van der Waals surface area contributed by atoms with Gasteiger partial charge >= 0.3 is 15.6 Å². The van der Waals surface area contributed by atoms with Gasteiger partial charge in [0.2, 0.25) is 0 Å². The van der Waals surface area contributed by atoms with Crippen LogP contribution in [0.25, 0.3) is 0 Å². The summed E-state index contributed by atoms with van der Waals surface area (Å²) in [6.45, 7) is -0.743. The van der Waals surface area contributed by atoms with E-state index >= 15 is 0 Å². The summed E-state index contributed by atoms with van der Waals surface area (Å²) in [5.41, 5.74) is 0. The average molecular weight is 454 g/mol. The first kappa shape index (κ1) is 24.2. The molecule has 0 spiro atoms. The molecule has 1 unspecified atom stereocenters. The van der Waals surface area contributed by atoms with Crippen LogP contribution in [-0.4, -0.2) is 115 Å². The number of aliphatic hydroxyl groups is 4. The van der Waals surface area contributed by atoms with E-state index in [1.54, 1.807) is 0 Å². The third-order valence-electron chi connectivity index (χ3n) is 4.31. The van der Waals surface area contributed by atoms with Gasteiger partial charge in [-0.05, 0) is 7.05 Å². The van der Waals surface area contributed by atoms with E-state index in [1.165, 1.54) is 19.1 Å². The maximum absolute atomic E-state index is 11.5. The number of rotatable bonds is 7. The third-order valence-corrected chi connectivity index (χ3v) is 6.46. The average Bonchev–Trinajstić information content (AvgIpc) is 2.83. The summed E-state index contributed by atoms with van der Waals surface area (Å²) in [6.07, 6.45) is -9.91. The number of likely N-dealkylation sites (N-methyl/N-ethyl adjacent to an activating group) is 1. The van der Waals surface area contributed by atoms with E-state index in [2.05, 4.69) is 8.83 Å². The van der Waals surface area contributed by atoms with E-state index < -0.39 is 65.5 Å². The van der Waals surface area contributed by atoms with Crippen molar-refractivity contribution in [1.29, 1.82) is 0 Å². The zero-order valence-corrected chi connectivity index (χ0v) is 16.6. The van der Waals surface area contributed by atoms with Gasteiger partial charge in [-0.25, -0.2) is 14.0 Å². The number of nitrogens with zero attached hydrogens (tertiary/aromatic N) is 2. The van der Waals surface area contributed by atoms with Crippen LogP contribution in [0, 0.1) is 0 Å². The maximum atomic E-state index is 11.5. The molecule has 7 N–H and O–H groups in total. The van der Waals surface area contributed by atoms with E-state index in [-0.39, 0.29) is 6.54 Å². The molecule has 0 aromatic carbocycles. The van der Waals surface area contributed by atoms with E-state index in [9.17, 15) is 34.4 Å². The van der Waals surface area contributed by atoms with Crippen molar-refractivity contribution in [1.82, 2.24) is 9.80 Å². The highest BCUT2D eigenvalue weighted by molar-refractivity contribution is 7.60. The number of hydrogen-bond donors (Lipinski definition) is 7. The summed E-state index contributed by atoms with van der Waals surface area (Å²) < 4.78 is 40.6. The molecule has 0 bridgehead atoms. The fourth-order valence-corrected chi connectivity index (χ4v) is 4.54. The van der Waals surface area contributed by atoms with Gasteiger partial charge in [0.15, 0.2) is 6.35 Å². The summed E-state index contributed by atoms with van der Waals surface area (Å²) in [4.78, 5) is 28.7. The van der Waals surface area contributed by atoms with Gasteiger partial charge in [-0.2, -0.15) is 4.31 Å². The first-order valence-electron chi connectivity index (χ1n) is 7.90. The van der Waals surface area contributed by atoms with Gasteiger partial charge in [0, 0.05) is 13.7 Å². The van der Waals surface area contributed by atoms with E-state index in [1.807, 2.05) is 0 Å². The summed E-state index contributed by atoms with van der Waals surface area (Å²) in [7, 11) is -7.68. The molecular formula is C11H24N2O13P2. The lowest BCUT2D eigenvalue weighted by Crippen LogP contribution is -2.67. The highest BCUT2D eigenvalue weighted by atomic mass is 31.3. The summed E-state index contributed by atoms with van der Waals surface area (Å²) in [6, 6.07) is 0. The van der Waals surface area contributed by atoms with Crippen LogP contribution in [0.1, 0.15) is 0 Å². The second kappa shape index (κ2) is 8.98. The Morgan fingerprint density at radius 2 is 1.71 bits per heavy atom. The lowest BCUT2D eigenvalue weighted by atomic mass is 10.1. The molecule has 0 radical (unpaired) electrons. The lowest BCUT2D eigenvalue weighted by molar-refractivity contribution is -0.294. The molecule has 0 saturated carbocycles. The largest absolute Gasteiger partial charge is 0.481 e. The monoisotopic (exact) mass is 454 g/mol. The van der Waals surface area contributed by atoms with E-state index in [0.29, 0.717) is 0 Å². The van der Waals surface area contributed by atoms with Crippen LogP contribution in [0.3, 0.4) is 0 Å². The minimum Gasteiger partial charge on any atom is -0.387 e. The van der Waals surface area contributed by atoms with Crippen molar-refractivity contribution in [2.24, 2.45) is 0 Å². The van der Waals surface area contributed by atoms with Crippen molar-refractivity contribution in [2.75, 3.05) is 27.3 Å².